The maximum absolute atomic E-state index is 5.84. The zero-order chi connectivity index (χ0) is 20.1. The van der Waals surface area contributed by atoms with E-state index in [4.69, 9.17) is 21.7 Å². The molecule has 29 heavy (non-hydrogen) atoms. The third kappa shape index (κ3) is 5.19. The lowest BCUT2D eigenvalue weighted by molar-refractivity contribution is 0.170. The van der Waals surface area contributed by atoms with E-state index in [-0.39, 0.29) is 0 Å². The van der Waals surface area contributed by atoms with Gasteiger partial charge >= 0.3 is 0 Å². The van der Waals surface area contributed by atoms with E-state index in [2.05, 4.69) is 64.6 Å². The Labute approximate surface area is 178 Å². The number of benzene rings is 2. The Balaban J connectivity index is 1.42. The quantitative estimate of drug-likeness (QED) is 0.734. The molecule has 1 saturated heterocycles. The summed E-state index contributed by atoms with van der Waals surface area (Å²) in [4.78, 5) is 4.76. The molecule has 0 amide bonds. The van der Waals surface area contributed by atoms with Crippen molar-refractivity contribution in [3.8, 4) is 11.5 Å². The summed E-state index contributed by atoms with van der Waals surface area (Å²) >= 11 is 5.84. The second kappa shape index (κ2) is 9.46. The van der Waals surface area contributed by atoms with E-state index in [0.29, 0.717) is 12.8 Å². The van der Waals surface area contributed by atoms with Gasteiger partial charge in [0.2, 0.25) is 6.79 Å². The van der Waals surface area contributed by atoms with Crippen LogP contribution in [0, 0.1) is 0 Å². The van der Waals surface area contributed by atoms with Gasteiger partial charge in [0.15, 0.2) is 16.6 Å². The first-order valence-electron chi connectivity index (χ1n) is 10.3. The van der Waals surface area contributed by atoms with Crippen LogP contribution in [0.25, 0.3) is 0 Å². The minimum absolute atomic E-state index is 0.302. The lowest BCUT2D eigenvalue weighted by Crippen LogP contribution is -2.50. The van der Waals surface area contributed by atoms with Crippen molar-refractivity contribution in [2.75, 3.05) is 33.5 Å². The lowest BCUT2D eigenvalue weighted by Gasteiger charge is -2.39. The van der Waals surface area contributed by atoms with Crippen molar-refractivity contribution in [1.29, 1.82) is 0 Å². The molecule has 0 atom stereocenters. The third-order valence-electron chi connectivity index (χ3n) is 5.71. The van der Waals surface area contributed by atoms with Crippen molar-refractivity contribution in [3.05, 3.63) is 59.7 Å². The summed E-state index contributed by atoms with van der Waals surface area (Å²) in [6.45, 7) is 4.14. The number of rotatable bonds is 6. The zero-order valence-corrected chi connectivity index (χ0v) is 17.8. The smallest absolute Gasteiger partial charge is 0.231 e. The number of fused-ring (bicyclic) bond motifs is 1. The molecule has 0 unspecified atom stereocenters. The molecule has 4 rings (SSSR count). The van der Waals surface area contributed by atoms with E-state index in [1.807, 2.05) is 6.07 Å². The molecule has 2 aliphatic rings. The molecular formula is C23H29N3O2S. The number of thiocarbonyl (C=S) groups is 1. The molecule has 1 N–H and O–H groups in total. The van der Waals surface area contributed by atoms with Crippen molar-refractivity contribution in [3.63, 3.8) is 0 Å². The van der Waals surface area contributed by atoms with Crippen LogP contribution in [0.5, 0.6) is 11.5 Å². The van der Waals surface area contributed by atoms with Crippen LogP contribution in [0.4, 0.5) is 0 Å². The zero-order valence-electron chi connectivity index (χ0n) is 17.0. The Hall–Kier alpha value is -2.31. The normalized spacial score (nSPS) is 16.6. The van der Waals surface area contributed by atoms with Gasteiger partial charge in [-0.15, -0.1) is 0 Å². The van der Waals surface area contributed by atoms with Gasteiger partial charge in [-0.05, 0) is 74.9 Å². The average Bonchev–Trinajstić information content (AvgIpc) is 3.21. The summed E-state index contributed by atoms with van der Waals surface area (Å²) in [6, 6.07) is 17.2. The van der Waals surface area contributed by atoms with E-state index in [1.54, 1.807) is 0 Å². The number of hydrogen-bond donors (Lipinski definition) is 1. The molecule has 0 bridgehead atoms. The molecule has 0 saturated carbocycles. The van der Waals surface area contributed by atoms with Gasteiger partial charge in [-0.25, -0.2) is 0 Å². The second-order valence-corrected chi connectivity index (χ2v) is 8.20. The first-order chi connectivity index (χ1) is 14.2. The Morgan fingerprint density at radius 3 is 2.62 bits per heavy atom. The highest BCUT2D eigenvalue weighted by atomic mass is 32.1. The van der Waals surface area contributed by atoms with Gasteiger partial charge in [-0.1, -0.05) is 36.4 Å². The Bertz CT molecular complexity index is 822. The Morgan fingerprint density at radius 2 is 1.83 bits per heavy atom. The SMILES string of the molecule is CN1CCC(N(Cc2ccc3c(c2)OCO3)C(=S)NCCc2ccccc2)CC1. The topological polar surface area (TPSA) is 37.0 Å². The Morgan fingerprint density at radius 1 is 1.07 bits per heavy atom. The number of piperidine rings is 1. The highest BCUT2D eigenvalue weighted by Gasteiger charge is 2.26. The van der Waals surface area contributed by atoms with Crippen molar-refractivity contribution in [2.45, 2.75) is 31.8 Å². The predicted molar refractivity (Wildman–Crippen MR) is 119 cm³/mol. The molecule has 2 heterocycles. The molecule has 0 spiro atoms. The van der Waals surface area contributed by atoms with Crippen LogP contribution in [0.3, 0.4) is 0 Å². The fraction of sp³-hybridized carbons (Fsp3) is 0.435. The number of ether oxygens (including phenoxy) is 2. The van der Waals surface area contributed by atoms with Crippen LogP contribution in [0.15, 0.2) is 48.5 Å². The summed E-state index contributed by atoms with van der Waals surface area (Å²) < 4.78 is 11.0. The van der Waals surface area contributed by atoms with Crippen LogP contribution < -0.4 is 14.8 Å². The second-order valence-electron chi connectivity index (χ2n) is 7.82. The van der Waals surface area contributed by atoms with E-state index in [9.17, 15) is 0 Å². The van der Waals surface area contributed by atoms with Crippen molar-refractivity contribution in [1.82, 2.24) is 15.1 Å². The average molecular weight is 412 g/mol. The van der Waals surface area contributed by atoms with Gasteiger partial charge in [-0.2, -0.15) is 0 Å². The molecule has 0 radical (unpaired) electrons. The van der Waals surface area contributed by atoms with Crippen molar-refractivity contribution >= 4 is 17.3 Å². The minimum Gasteiger partial charge on any atom is -0.454 e. The van der Waals surface area contributed by atoms with E-state index >= 15 is 0 Å². The number of hydrogen-bond acceptors (Lipinski definition) is 4. The molecule has 0 aromatic heterocycles. The number of nitrogens with zero attached hydrogens (tertiary/aromatic N) is 2. The van der Waals surface area contributed by atoms with Crippen LogP contribution in [0.1, 0.15) is 24.0 Å². The first-order valence-corrected chi connectivity index (χ1v) is 10.8. The van der Waals surface area contributed by atoms with Gasteiger partial charge in [0.25, 0.3) is 0 Å². The van der Waals surface area contributed by atoms with Gasteiger partial charge in [0.1, 0.15) is 0 Å². The molecule has 2 aliphatic heterocycles. The van der Waals surface area contributed by atoms with Gasteiger partial charge in [0, 0.05) is 19.1 Å². The van der Waals surface area contributed by atoms with Crippen LogP contribution >= 0.6 is 12.2 Å². The van der Waals surface area contributed by atoms with Gasteiger partial charge in [0.05, 0.1) is 0 Å². The van der Waals surface area contributed by atoms with E-state index in [1.165, 1.54) is 11.1 Å². The van der Waals surface area contributed by atoms with Crippen LogP contribution in [-0.2, 0) is 13.0 Å². The first kappa shape index (κ1) is 20.0. The lowest BCUT2D eigenvalue weighted by atomic mass is 10.0. The van der Waals surface area contributed by atoms with Crippen LogP contribution in [0.2, 0.25) is 0 Å². The third-order valence-corrected chi connectivity index (χ3v) is 6.09. The molecule has 2 aromatic carbocycles. The summed E-state index contributed by atoms with van der Waals surface area (Å²) in [7, 11) is 2.19. The van der Waals surface area contributed by atoms with Gasteiger partial charge in [-0.3, -0.25) is 0 Å². The molecule has 5 nitrogen and oxygen atoms in total. The monoisotopic (exact) mass is 411 g/mol. The fourth-order valence-electron chi connectivity index (χ4n) is 3.97. The van der Waals surface area contributed by atoms with Crippen molar-refractivity contribution < 1.29 is 9.47 Å². The van der Waals surface area contributed by atoms with E-state index in [0.717, 1.165) is 62.1 Å². The molecule has 1 fully saturated rings. The van der Waals surface area contributed by atoms with Gasteiger partial charge < -0.3 is 24.6 Å². The molecule has 0 aliphatic carbocycles. The molecule has 6 heteroatoms. The summed E-state index contributed by atoms with van der Waals surface area (Å²) in [5.41, 5.74) is 2.52. The molecule has 154 valence electrons. The highest BCUT2D eigenvalue weighted by molar-refractivity contribution is 7.80. The van der Waals surface area contributed by atoms with Crippen LogP contribution in [-0.4, -0.2) is 54.4 Å². The summed E-state index contributed by atoms with van der Waals surface area (Å²) in [5, 5.41) is 4.34. The molecular weight excluding hydrogens is 382 g/mol. The largest absolute Gasteiger partial charge is 0.454 e. The summed E-state index contributed by atoms with van der Waals surface area (Å²) in [5.74, 6) is 1.65. The van der Waals surface area contributed by atoms with E-state index < -0.39 is 0 Å². The maximum Gasteiger partial charge on any atom is 0.231 e. The molecule has 2 aromatic rings. The maximum atomic E-state index is 5.84. The van der Waals surface area contributed by atoms with Crippen molar-refractivity contribution in [2.24, 2.45) is 0 Å². The Kier molecular flexibility index (Phi) is 6.52. The standard InChI is InChI=1S/C23H29N3O2S/c1-25-13-10-20(11-14-25)26(16-19-7-8-21-22(15-19)28-17-27-21)23(29)24-12-9-18-5-3-2-4-6-18/h2-8,15,20H,9-14,16-17H2,1H3,(H,24,29). The number of likely N-dealkylation sites (tertiary alicyclic amines) is 1. The fourth-order valence-corrected chi connectivity index (χ4v) is 4.29. The highest BCUT2D eigenvalue weighted by Crippen LogP contribution is 2.33. The predicted octanol–water partition coefficient (Wildman–Crippen LogP) is 3.43. The summed E-state index contributed by atoms with van der Waals surface area (Å²) in [6.07, 6.45) is 3.22. The number of nitrogens with one attached hydrogen (secondary N) is 1. The minimum atomic E-state index is 0.302.